The summed E-state index contributed by atoms with van der Waals surface area (Å²) in [6.45, 7) is 8.11. The van der Waals surface area contributed by atoms with E-state index >= 15 is 0 Å². The Hall–Kier alpha value is -1.61. The number of carbonyl (C=O) groups excluding carboxylic acids is 1. The molecule has 0 aliphatic rings. The number of aliphatic hydroxyl groups excluding tert-OH is 1. The topological polar surface area (TPSA) is 40.5 Å². The van der Waals surface area contributed by atoms with Crippen molar-refractivity contribution >= 4 is 5.91 Å². The highest BCUT2D eigenvalue weighted by atomic mass is 16.3. The van der Waals surface area contributed by atoms with Gasteiger partial charge >= 0.3 is 0 Å². The number of nitrogens with zero attached hydrogens (tertiary/aromatic N) is 1. The minimum absolute atomic E-state index is 0.0688. The standard InChI is InChI=1S/C19H29NO2/c1-6-10-17(14(2)3)13-18(21)20(5)15(4)19(22)16-11-8-7-9-12-16/h6-12,14-15,17,19,22H,13H2,1-5H3/b10-6+/t15-,17+,19+/m0/s1. The molecule has 1 amide bonds. The molecule has 22 heavy (non-hydrogen) atoms. The van der Waals surface area contributed by atoms with Crippen molar-refractivity contribution in [3.8, 4) is 0 Å². The molecule has 0 aliphatic heterocycles. The van der Waals surface area contributed by atoms with E-state index in [9.17, 15) is 9.90 Å². The number of amides is 1. The van der Waals surface area contributed by atoms with Gasteiger partial charge in [-0.1, -0.05) is 56.3 Å². The van der Waals surface area contributed by atoms with Crippen LogP contribution >= 0.6 is 0 Å². The van der Waals surface area contributed by atoms with Crippen LogP contribution in [0.4, 0.5) is 0 Å². The minimum Gasteiger partial charge on any atom is -0.386 e. The van der Waals surface area contributed by atoms with Crippen LogP contribution in [0.3, 0.4) is 0 Å². The molecule has 0 spiro atoms. The number of hydrogen-bond acceptors (Lipinski definition) is 2. The number of aliphatic hydroxyl groups is 1. The van der Waals surface area contributed by atoms with Crippen LogP contribution in [0.1, 0.15) is 45.8 Å². The lowest BCUT2D eigenvalue weighted by molar-refractivity contribution is -0.134. The molecule has 1 aromatic rings. The van der Waals surface area contributed by atoms with Gasteiger partial charge in [0.1, 0.15) is 0 Å². The molecule has 0 aromatic heterocycles. The van der Waals surface area contributed by atoms with E-state index in [2.05, 4.69) is 19.9 Å². The summed E-state index contributed by atoms with van der Waals surface area (Å²) >= 11 is 0. The summed E-state index contributed by atoms with van der Waals surface area (Å²) in [7, 11) is 1.77. The van der Waals surface area contributed by atoms with E-state index in [4.69, 9.17) is 0 Å². The monoisotopic (exact) mass is 303 g/mol. The van der Waals surface area contributed by atoms with Crippen molar-refractivity contribution in [2.24, 2.45) is 11.8 Å². The summed E-state index contributed by atoms with van der Waals surface area (Å²) in [4.78, 5) is 14.2. The Bertz CT molecular complexity index is 481. The third kappa shape index (κ3) is 4.99. The number of carbonyl (C=O) groups is 1. The molecule has 0 heterocycles. The zero-order chi connectivity index (χ0) is 16.7. The highest BCUT2D eigenvalue weighted by Gasteiger charge is 2.25. The number of rotatable bonds is 7. The second-order valence-electron chi connectivity index (χ2n) is 6.24. The van der Waals surface area contributed by atoms with Crippen LogP contribution in [0, 0.1) is 11.8 Å². The van der Waals surface area contributed by atoms with Gasteiger partial charge in [-0.15, -0.1) is 0 Å². The molecule has 0 radical (unpaired) electrons. The SMILES string of the molecule is C/C=C/[C@H](CC(=O)N(C)[C@@H](C)[C@@H](O)c1ccccc1)C(C)C. The maximum atomic E-state index is 12.5. The average Bonchev–Trinajstić information content (AvgIpc) is 2.52. The fraction of sp³-hybridized carbons (Fsp3) is 0.526. The van der Waals surface area contributed by atoms with Gasteiger partial charge in [-0.05, 0) is 31.2 Å². The molecule has 122 valence electrons. The lowest BCUT2D eigenvalue weighted by Crippen LogP contribution is -2.40. The second-order valence-corrected chi connectivity index (χ2v) is 6.24. The molecule has 1 rings (SSSR count). The molecule has 0 saturated carbocycles. The first-order chi connectivity index (χ1) is 10.4. The van der Waals surface area contributed by atoms with Crippen LogP contribution in [-0.4, -0.2) is 29.0 Å². The Balaban J connectivity index is 2.73. The van der Waals surface area contributed by atoms with Crippen LogP contribution in [-0.2, 0) is 4.79 Å². The predicted molar refractivity (Wildman–Crippen MR) is 91.4 cm³/mol. The fourth-order valence-electron chi connectivity index (χ4n) is 2.49. The Kier molecular flexibility index (Phi) is 7.33. The van der Waals surface area contributed by atoms with E-state index in [0.29, 0.717) is 12.3 Å². The van der Waals surface area contributed by atoms with E-state index in [0.717, 1.165) is 5.56 Å². The third-order valence-electron chi connectivity index (χ3n) is 4.31. The van der Waals surface area contributed by atoms with Crippen molar-refractivity contribution < 1.29 is 9.90 Å². The normalized spacial score (nSPS) is 15.8. The Morgan fingerprint density at radius 1 is 1.23 bits per heavy atom. The van der Waals surface area contributed by atoms with Gasteiger partial charge in [0.05, 0.1) is 12.1 Å². The molecule has 0 aliphatic carbocycles. The van der Waals surface area contributed by atoms with E-state index in [-0.39, 0.29) is 17.9 Å². The molecular weight excluding hydrogens is 274 g/mol. The van der Waals surface area contributed by atoms with Crippen molar-refractivity contribution in [3.05, 3.63) is 48.0 Å². The Morgan fingerprint density at radius 2 is 1.82 bits per heavy atom. The number of hydrogen-bond donors (Lipinski definition) is 1. The largest absolute Gasteiger partial charge is 0.386 e. The summed E-state index contributed by atoms with van der Waals surface area (Å²) < 4.78 is 0. The molecule has 0 saturated heterocycles. The summed E-state index contributed by atoms with van der Waals surface area (Å²) in [5.41, 5.74) is 0.837. The smallest absolute Gasteiger partial charge is 0.223 e. The molecule has 0 fully saturated rings. The van der Waals surface area contributed by atoms with Gasteiger partial charge in [-0.2, -0.15) is 0 Å². The van der Waals surface area contributed by atoms with Gasteiger partial charge in [0.15, 0.2) is 0 Å². The van der Waals surface area contributed by atoms with Crippen LogP contribution in [0.2, 0.25) is 0 Å². The predicted octanol–water partition coefficient (Wildman–Crippen LogP) is 3.81. The number of allylic oxidation sites excluding steroid dienone is 2. The zero-order valence-corrected chi connectivity index (χ0v) is 14.4. The van der Waals surface area contributed by atoms with Crippen LogP contribution < -0.4 is 0 Å². The van der Waals surface area contributed by atoms with E-state index in [1.54, 1.807) is 11.9 Å². The number of likely N-dealkylation sites (N-methyl/N-ethyl adjacent to an activating group) is 1. The van der Waals surface area contributed by atoms with Gasteiger partial charge in [-0.3, -0.25) is 4.79 Å². The van der Waals surface area contributed by atoms with Gasteiger partial charge in [-0.25, -0.2) is 0 Å². The van der Waals surface area contributed by atoms with E-state index in [1.165, 1.54) is 0 Å². The summed E-state index contributed by atoms with van der Waals surface area (Å²) in [6, 6.07) is 9.22. The molecule has 3 nitrogen and oxygen atoms in total. The summed E-state index contributed by atoms with van der Waals surface area (Å²) in [5.74, 6) is 0.725. The van der Waals surface area contributed by atoms with Crippen LogP contribution in [0.25, 0.3) is 0 Å². The number of benzene rings is 1. The quantitative estimate of drug-likeness (QED) is 0.778. The maximum Gasteiger partial charge on any atom is 0.223 e. The van der Waals surface area contributed by atoms with Crippen LogP contribution in [0.5, 0.6) is 0 Å². The highest BCUT2D eigenvalue weighted by Crippen LogP contribution is 2.23. The first-order valence-corrected chi connectivity index (χ1v) is 8.00. The summed E-state index contributed by atoms with van der Waals surface area (Å²) in [6.07, 6.45) is 3.90. The lowest BCUT2D eigenvalue weighted by atomic mass is 9.91. The molecule has 0 unspecified atom stereocenters. The fourth-order valence-corrected chi connectivity index (χ4v) is 2.49. The van der Waals surface area contributed by atoms with Gasteiger partial charge < -0.3 is 10.0 Å². The molecule has 1 N–H and O–H groups in total. The molecule has 3 atom stereocenters. The highest BCUT2D eigenvalue weighted by molar-refractivity contribution is 5.76. The van der Waals surface area contributed by atoms with Crippen molar-refractivity contribution in [1.29, 1.82) is 0 Å². The average molecular weight is 303 g/mol. The van der Waals surface area contributed by atoms with Crippen molar-refractivity contribution in [2.75, 3.05) is 7.05 Å². The molecule has 1 aromatic carbocycles. The van der Waals surface area contributed by atoms with Crippen molar-refractivity contribution in [3.63, 3.8) is 0 Å². The van der Waals surface area contributed by atoms with Gasteiger partial charge in [0.2, 0.25) is 5.91 Å². The lowest BCUT2D eigenvalue weighted by Gasteiger charge is -2.30. The minimum atomic E-state index is -0.672. The first-order valence-electron chi connectivity index (χ1n) is 8.00. The second kappa shape index (κ2) is 8.74. The maximum absolute atomic E-state index is 12.5. The summed E-state index contributed by atoms with van der Waals surface area (Å²) in [5, 5.41) is 10.4. The molecular formula is C19H29NO2. The first kappa shape index (κ1) is 18.4. The molecule has 3 heteroatoms. The van der Waals surface area contributed by atoms with E-state index in [1.807, 2.05) is 50.3 Å². The van der Waals surface area contributed by atoms with Gasteiger partial charge in [0, 0.05) is 13.5 Å². The molecule has 0 bridgehead atoms. The zero-order valence-electron chi connectivity index (χ0n) is 14.4. The third-order valence-corrected chi connectivity index (χ3v) is 4.31. The Morgan fingerprint density at radius 3 is 2.32 bits per heavy atom. The van der Waals surface area contributed by atoms with Crippen molar-refractivity contribution in [1.82, 2.24) is 4.90 Å². The van der Waals surface area contributed by atoms with Crippen LogP contribution in [0.15, 0.2) is 42.5 Å². The van der Waals surface area contributed by atoms with E-state index < -0.39 is 6.10 Å². The van der Waals surface area contributed by atoms with Gasteiger partial charge in [0.25, 0.3) is 0 Å². The Labute approximate surface area is 134 Å². The van der Waals surface area contributed by atoms with Crippen molar-refractivity contribution in [2.45, 2.75) is 46.3 Å².